The Hall–Kier alpha value is -1.81. The van der Waals surface area contributed by atoms with E-state index in [0.29, 0.717) is 0 Å². The summed E-state index contributed by atoms with van der Waals surface area (Å²) < 4.78 is 0. The third-order valence-corrected chi connectivity index (χ3v) is 2.68. The van der Waals surface area contributed by atoms with Gasteiger partial charge in [-0.25, -0.2) is 0 Å². The first kappa shape index (κ1) is 13.6. The van der Waals surface area contributed by atoms with Gasteiger partial charge in [0.15, 0.2) is 0 Å². The molecule has 0 aliphatic carbocycles. The van der Waals surface area contributed by atoms with Crippen molar-refractivity contribution in [2.75, 3.05) is 0 Å². The molecule has 98 valence electrons. The highest BCUT2D eigenvalue weighted by atomic mass is 32.1. The molecule has 0 aliphatic heterocycles. The molecular weight excluding hydrogens is 254 g/mol. The van der Waals surface area contributed by atoms with Crippen LogP contribution in [0.4, 0.5) is 0 Å². The van der Waals surface area contributed by atoms with Crippen molar-refractivity contribution in [1.82, 2.24) is 10.4 Å². The molecule has 1 N–H and O–H groups in total. The minimum Gasteiger partial charge on any atom is -0.297 e. The van der Waals surface area contributed by atoms with Crippen LogP contribution in [0.25, 0.3) is 0 Å². The monoisotopic (exact) mass is 271 g/mol. The summed E-state index contributed by atoms with van der Waals surface area (Å²) in [5.74, 6) is 0. The standard InChI is InChI=1S/C15H17N3S/c1-12(19)17-18-15(14-9-5-6-10-16-14)11-13-7-3-2-4-8-13/h2-10,12,17,19H,11H2,1H3/b18-15+. The molecule has 0 amide bonds. The first-order valence-electron chi connectivity index (χ1n) is 6.21. The molecule has 2 rings (SSSR count). The molecule has 19 heavy (non-hydrogen) atoms. The van der Waals surface area contributed by atoms with E-state index in [1.165, 1.54) is 5.56 Å². The van der Waals surface area contributed by atoms with Crippen LogP contribution in [0.2, 0.25) is 0 Å². The van der Waals surface area contributed by atoms with E-state index in [2.05, 4.69) is 40.3 Å². The Morgan fingerprint density at radius 1 is 1.21 bits per heavy atom. The van der Waals surface area contributed by atoms with E-state index < -0.39 is 0 Å². The fraction of sp³-hybridized carbons (Fsp3) is 0.200. The largest absolute Gasteiger partial charge is 0.297 e. The van der Waals surface area contributed by atoms with Gasteiger partial charge in [-0.15, -0.1) is 0 Å². The van der Waals surface area contributed by atoms with Crippen LogP contribution >= 0.6 is 12.6 Å². The Labute approximate surface area is 119 Å². The van der Waals surface area contributed by atoms with Crippen molar-refractivity contribution in [1.29, 1.82) is 0 Å². The summed E-state index contributed by atoms with van der Waals surface area (Å²) in [5, 5.41) is 4.43. The van der Waals surface area contributed by atoms with Gasteiger partial charge in [-0.05, 0) is 24.6 Å². The van der Waals surface area contributed by atoms with Gasteiger partial charge in [-0.1, -0.05) is 36.4 Å². The molecule has 0 saturated carbocycles. The van der Waals surface area contributed by atoms with Crippen molar-refractivity contribution in [3.8, 4) is 0 Å². The number of aromatic nitrogens is 1. The second-order valence-corrected chi connectivity index (χ2v) is 5.02. The van der Waals surface area contributed by atoms with Gasteiger partial charge < -0.3 is 0 Å². The molecule has 3 nitrogen and oxygen atoms in total. The highest BCUT2D eigenvalue weighted by Crippen LogP contribution is 2.06. The smallest absolute Gasteiger partial charge is 0.0903 e. The lowest BCUT2D eigenvalue weighted by molar-refractivity contribution is 0.737. The third kappa shape index (κ3) is 4.41. The summed E-state index contributed by atoms with van der Waals surface area (Å²) in [4.78, 5) is 4.36. The van der Waals surface area contributed by atoms with Crippen LogP contribution in [0, 0.1) is 0 Å². The molecule has 1 heterocycles. The van der Waals surface area contributed by atoms with Gasteiger partial charge in [-0.3, -0.25) is 10.4 Å². The van der Waals surface area contributed by atoms with Crippen molar-refractivity contribution in [3.05, 3.63) is 66.0 Å². The van der Waals surface area contributed by atoms with Gasteiger partial charge >= 0.3 is 0 Å². The average Bonchev–Trinajstić information content (AvgIpc) is 2.45. The van der Waals surface area contributed by atoms with Crippen molar-refractivity contribution in [3.63, 3.8) is 0 Å². The average molecular weight is 271 g/mol. The van der Waals surface area contributed by atoms with Crippen LogP contribution in [0.5, 0.6) is 0 Å². The SMILES string of the molecule is CC(S)N/N=C(\Cc1ccccc1)c1ccccn1. The fourth-order valence-corrected chi connectivity index (χ4v) is 1.74. The molecular formula is C15H17N3S. The maximum atomic E-state index is 4.42. The van der Waals surface area contributed by atoms with E-state index in [9.17, 15) is 0 Å². The lowest BCUT2D eigenvalue weighted by Crippen LogP contribution is -2.19. The Morgan fingerprint density at radius 2 is 1.95 bits per heavy atom. The number of rotatable bonds is 5. The molecule has 1 atom stereocenters. The molecule has 0 spiro atoms. The Balaban J connectivity index is 2.22. The van der Waals surface area contributed by atoms with Gasteiger partial charge in [0, 0.05) is 12.6 Å². The lowest BCUT2D eigenvalue weighted by atomic mass is 10.1. The molecule has 1 aromatic heterocycles. The second-order valence-electron chi connectivity index (χ2n) is 4.24. The Kier molecular flexibility index (Phi) is 4.98. The first-order chi connectivity index (χ1) is 9.25. The lowest BCUT2D eigenvalue weighted by Gasteiger charge is -2.09. The molecule has 0 radical (unpaired) electrons. The van der Waals surface area contributed by atoms with Gasteiger partial charge in [0.25, 0.3) is 0 Å². The van der Waals surface area contributed by atoms with Crippen LogP contribution in [0.3, 0.4) is 0 Å². The van der Waals surface area contributed by atoms with Crippen molar-refractivity contribution in [2.45, 2.75) is 18.7 Å². The topological polar surface area (TPSA) is 37.3 Å². The molecule has 0 saturated heterocycles. The summed E-state index contributed by atoms with van der Waals surface area (Å²) in [6, 6.07) is 16.1. The van der Waals surface area contributed by atoms with E-state index in [0.717, 1.165) is 17.8 Å². The number of pyridine rings is 1. The van der Waals surface area contributed by atoms with Gasteiger partial charge in [0.1, 0.15) is 0 Å². The third-order valence-electron chi connectivity index (χ3n) is 2.56. The zero-order valence-corrected chi connectivity index (χ0v) is 11.7. The predicted molar refractivity (Wildman–Crippen MR) is 82.5 cm³/mol. The normalized spacial score (nSPS) is 13.1. The van der Waals surface area contributed by atoms with Crippen molar-refractivity contribution in [2.24, 2.45) is 5.10 Å². The highest BCUT2D eigenvalue weighted by Gasteiger charge is 2.06. The van der Waals surface area contributed by atoms with Crippen molar-refractivity contribution >= 4 is 18.3 Å². The molecule has 1 aromatic carbocycles. The number of nitrogens with one attached hydrogen (secondary N) is 1. The van der Waals surface area contributed by atoms with Crippen LogP contribution in [0.1, 0.15) is 18.2 Å². The zero-order valence-electron chi connectivity index (χ0n) is 10.8. The maximum Gasteiger partial charge on any atom is 0.0903 e. The molecule has 0 aliphatic rings. The molecule has 4 heteroatoms. The van der Waals surface area contributed by atoms with E-state index in [4.69, 9.17) is 0 Å². The van der Waals surface area contributed by atoms with E-state index in [1.807, 2.05) is 43.3 Å². The van der Waals surface area contributed by atoms with Gasteiger partial charge in [0.05, 0.1) is 16.8 Å². The summed E-state index contributed by atoms with van der Waals surface area (Å²) in [5.41, 5.74) is 5.98. The van der Waals surface area contributed by atoms with Gasteiger partial charge in [-0.2, -0.15) is 17.7 Å². The predicted octanol–water partition coefficient (Wildman–Crippen LogP) is 2.89. The summed E-state index contributed by atoms with van der Waals surface area (Å²) in [6.07, 6.45) is 2.52. The van der Waals surface area contributed by atoms with E-state index in [1.54, 1.807) is 6.20 Å². The number of hydrazone groups is 1. The van der Waals surface area contributed by atoms with Crippen LogP contribution in [-0.4, -0.2) is 16.1 Å². The number of hydrogen-bond donors (Lipinski definition) is 2. The number of nitrogens with zero attached hydrogens (tertiary/aromatic N) is 2. The first-order valence-corrected chi connectivity index (χ1v) is 6.73. The summed E-state index contributed by atoms with van der Waals surface area (Å²) in [6.45, 7) is 1.94. The quantitative estimate of drug-likeness (QED) is 0.380. The highest BCUT2D eigenvalue weighted by molar-refractivity contribution is 7.80. The van der Waals surface area contributed by atoms with E-state index in [-0.39, 0.29) is 5.37 Å². The summed E-state index contributed by atoms with van der Waals surface area (Å²) >= 11 is 4.27. The molecule has 1 unspecified atom stereocenters. The Bertz CT molecular complexity index is 524. The minimum absolute atomic E-state index is 0.00878. The van der Waals surface area contributed by atoms with Crippen LogP contribution in [-0.2, 0) is 6.42 Å². The van der Waals surface area contributed by atoms with Crippen LogP contribution < -0.4 is 5.43 Å². The molecule has 0 fully saturated rings. The molecule has 2 aromatic rings. The number of hydrogen-bond acceptors (Lipinski definition) is 4. The summed E-state index contributed by atoms with van der Waals surface area (Å²) in [7, 11) is 0. The minimum atomic E-state index is 0.00878. The second kappa shape index (κ2) is 6.95. The fourth-order valence-electron chi connectivity index (χ4n) is 1.68. The van der Waals surface area contributed by atoms with Gasteiger partial charge in [0.2, 0.25) is 0 Å². The Morgan fingerprint density at radius 3 is 2.58 bits per heavy atom. The zero-order chi connectivity index (χ0) is 13.5. The number of benzene rings is 1. The van der Waals surface area contributed by atoms with Crippen molar-refractivity contribution < 1.29 is 0 Å². The molecule has 0 bridgehead atoms. The van der Waals surface area contributed by atoms with Crippen LogP contribution in [0.15, 0.2) is 59.8 Å². The number of thiol groups is 1. The maximum absolute atomic E-state index is 4.42. The van der Waals surface area contributed by atoms with E-state index >= 15 is 0 Å².